The second-order valence-corrected chi connectivity index (χ2v) is 4.02. The molecule has 0 saturated heterocycles. The van der Waals surface area contributed by atoms with E-state index in [0.29, 0.717) is 17.3 Å². The Morgan fingerprint density at radius 3 is 2.56 bits per heavy atom. The SMILES string of the molecule is Nc1cc(Br)cnc1Oc1ccc(F)cc1. The first kappa shape index (κ1) is 10.9. The number of halogens is 2. The third-order valence-electron chi connectivity index (χ3n) is 1.87. The summed E-state index contributed by atoms with van der Waals surface area (Å²) in [5.41, 5.74) is 6.12. The molecule has 0 aliphatic rings. The number of pyridine rings is 1. The van der Waals surface area contributed by atoms with Crippen LogP contribution in [0.15, 0.2) is 41.0 Å². The van der Waals surface area contributed by atoms with Crippen molar-refractivity contribution in [2.45, 2.75) is 0 Å². The van der Waals surface area contributed by atoms with Crippen LogP contribution in [0.3, 0.4) is 0 Å². The van der Waals surface area contributed by atoms with Crippen LogP contribution in [-0.4, -0.2) is 4.98 Å². The lowest BCUT2D eigenvalue weighted by Crippen LogP contribution is -1.94. The molecule has 0 aliphatic carbocycles. The number of nitrogens with two attached hydrogens (primary N) is 1. The lowest BCUT2D eigenvalue weighted by Gasteiger charge is -2.06. The van der Waals surface area contributed by atoms with Crippen LogP contribution in [0.25, 0.3) is 0 Å². The largest absolute Gasteiger partial charge is 0.437 e. The zero-order chi connectivity index (χ0) is 11.5. The summed E-state index contributed by atoms with van der Waals surface area (Å²) in [4.78, 5) is 4.01. The molecular weight excluding hydrogens is 275 g/mol. The molecule has 0 radical (unpaired) electrons. The summed E-state index contributed by atoms with van der Waals surface area (Å²) in [7, 11) is 0. The first-order chi connectivity index (χ1) is 7.65. The van der Waals surface area contributed by atoms with E-state index >= 15 is 0 Å². The number of hydrogen-bond acceptors (Lipinski definition) is 3. The summed E-state index contributed by atoms with van der Waals surface area (Å²) in [6, 6.07) is 7.33. The first-order valence-electron chi connectivity index (χ1n) is 4.49. The van der Waals surface area contributed by atoms with Crippen LogP contribution in [0, 0.1) is 5.82 Å². The normalized spacial score (nSPS) is 10.1. The minimum Gasteiger partial charge on any atom is -0.437 e. The Morgan fingerprint density at radius 2 is 1.94 bits per heavy atom. The van der Waals surface area contributed by atoms with Crippen molar-refractivity contribution in [2.24, 2.45) is 0 Å². The Bertz CT molecular complexity index is 502. The molecule has 0 fully saturated rings. The van der Waals surface area contributed by atoms with Crippen LogP contribution in [0.2, 0.25) is 0 Å². The van der Waals surface area contributed by atoms with Crippen LogP contribution in [0.5, 0.6) is 11.6 Å². The van der Waals surface area contributed by atoms with Crippen molar-refractivity contribution in [3.05, 3.63) is 46.8 Å². The van der Waals surface area contributed by atoms with E-state index in [2.05, 4.69) is 20.9 Å². The van der Waals surface area contributed by atoms with E-state index in [4.69, 9.17) is 10.5 Å². The Hall–Kier alpha value is -1.62. The van der Waals surface area contributed by atoms with Gasteiger partial charge in [0.25, 0.3) is 0 Å². The van der Waals surface area contributed by atoms with Gasteiger partial charge in [0.1, 0.15) is 11.6 Å². The predicted octanol–water partition coefficient (Wildman–Crippen LogP) is 3.36. The van der Waals surface area contributed by atoms with Crippen molar-refractivity contribution in [1.29, 1.82) is 0 Å². The minimum absolute atomic E-state index is 0.301. The summed E-state index contributed by atoms with van der Waals surface area (Å²) in [5.74, 6) is 0.474. The van der Waals surface area contributed by atoms with Gasteiger partial charge < -0.3 is 10.5 Å². The van der Waals surface area contributed by atoms with Crippen molar-refractivity contribution >= 4 is 21.6 Å². The molecule has 2 aromatic rings. The maximum Gasteiger partial charge on any atom is 0.242 e. The minimum atomic E-state index is -0.316. The summed E-state index contributed by atoms with van der Waals surface area (Å²) < 4.78 is 18.8. The van der Waals surface area contributed by atoms with Crippen LogP contribution >= 0.6 is 15.9 Å². The fourth-order valence-electron chi connectivity index (χ4n) is 1.14. The highest BCUT2D eigenvalue weighted by molar-refractivity contribution is 9.10. The molecule has 1 aromatic carbocycles. The summed E-state index contributed by atoms with van der Waals surface area (Å²) >= 11 is 3.24. The number of benzene rings is 1. The molecule has 0 atom stereocenters. The zero-order valence-corrected chi connectivity index (χ0v) is 9.74. The number of rotatable bonds is 2. The number of nitrogens with zero attached hydrogens (tertiary/aromatic N) is 1. The van der Waals surface area contributed by atoms with Crippen molar-refractivity contribution in [2.75, 3.05) is 5.73 Å². The molecular formula is C11H8BrFN2O. The molecule has 0 spiro atoms. The van der Waals surface area contributed by atoms with Gasteiger partial charge in [0.2, 0.25) is 5.88 Å². The molecule has 1 aromatic heterocycles. The van der Waals surface area contributed by atoms with Gasteiger partial charge in [0.15, 0.2) is 0 Å². The monoisotopic (exact) mass is 282 g/mol. The van der Waals surface area contributed by atoms with Crippen LogP contribution in [0.4, 0.5) is 10.1 Å². The first-order valence-corrected chi connectivity index (χ1v) is 5.29. The molecule has 1 heterocycles. The molecule has 0 unspecified atom stereocenters. The Labute approximate surface area is 100 Å². The van der Waals surface area contributed by atoms with E-state index in [9.17, 15) is 4.39 Å². The van der Waals surface area contributed by atoms with Crippen molar-refractivity contribution in [3.8, 4) is 11.6 Å². The number of anilines is 1. The molecule has 5 heteroatoms. The number of hydrogen-bond donors (Lipinski definition) is 1. The molecule has 0 aliphatic heterocycles. The van der Waals surface area contributed by atoms with Crippen LogP contribution < -0.4 is 10.5 Å². The lowest BCUT2D eigenvalue weighted by molar-refractivity contribution is 0.463. The zero-order valence-electron chi connectivity index (χ0n) is 8.15. The highest BCUT2D eigenvalue weighted by atomic mass is 79.9. The average molecular weight is 283 g/mol. The smallest absolute Gasteiger partial charge is 0.242 e. The molecule has 2 rings (SSSR count). The number of aromatic nitrogens is 1. The van der Waals surface area contributed by atoms with Gasteiger partial charge in [0, 0.05) is 10.7 Å². The summed E-state index contributed by atoms with van der Waals surface area (Å²) in [5, 5.41) is 0. The van der Waals surface area contributed by atoms with E-state index < -0.39 is 0 Å². The predicted molar refractivity (Wildman–Crippen MR) is 62.8 cm³/mol. The van der Waals surface area contributed by atoms with E-state index in [0.717, 1.165) is 4.47 Å². The van der Waals surface area contributed by atoms with Gasteiger partial charge in [0.05, 0.1) is 5.69 Å². The molecule has 3 nitrogen and oxygen atoms in total. The topological polar surface area (TPSA) is 48.1 Å². The number of ether oxygens (including phenoxy) is 1. The fourth-order valence-corrected chi connectivity index (χ4v) is 1.49. The van der Waals surface area contributed by atoms with Gasteiger partial charge in [-0.25, -0.2) is 9.37 Å². The Kier molecular flexibility index (Phi) is 3.05. The van der Waals surface area contributed by atoms with Crippen LogP contribution in [0.1, 0.15) is 0 Å². The molecule has 16 heavy (non-hydrogen) atoms. The maximum atomic E-state index is 12.7. The highest BCUT2D eigenvalue weighted by Gasteiger charge is 2.04. The molecule has 0 saturated carbocycles. The second-order valence-electron chi connectivity index (χ2n) is 3.10. The Balaban J connectivity index is 2.23. The van der Waals surface area contributed by atoms with Gasteiger partial charge in [-0.05, 0) is 46.3 Å². The van der Waals surface area contributed by atoms with Gasteiger partial charge in [-0.1, -0.05) is 0 Å². The fraction of sp³-hybridized carbons (Fsp3) is 0. The lowest BCUT2D eigenvalue weighted by atomic mass is 10.3. The Morgan fingerprint density at radius 1 is 1.25 bits per heavy atom. The highest BCUT2D eigenvalue weighted by Crippen LogP contribution is 2.27. The van der Waals surface area contributed by atoms with Gasteiger partial charge in [-0.15, -0.1) is 0 Å². The quantitative estimate of drug-likeness (QED) is 0.919. The van der Waals surface area contributed by atoms with Gasteiger partial charge in [-0.3, -0.25) is 0 Å². The van der Waals surface area contributed by atoms with Crippen LogP contribution in [-0.2, 0) is 0 Å². The molecule has 2 N–H and O–H groups in total. The summed E-state index contributed by atoms with van der Waals surface area (Å²) in [6.07, 6.45) is 1.58. The standard InChI is InChI=1S/C11H8BrFN2O/c12-7-5-10(14)11(15-6-7)16-9-3-1-8(13)2-4-9/h1-6H,14H2. The molecule has 0 bridgehead atoms. The molecule has 82 valence electrons. The van der Waals surface area contributed by atoms with Gasteiger partial charge >= 0.3 is 0 Å². The number of nitrogen functional groups attached to an aromatic ring is 1. The molecule has 0 amide bonds. The third kappa shape index (κ3) is 2.49. The van der Waals surface area contributed by atoms with E-state index in [1.165, 1.54) is 24.3 Å². The van der Waals surface area contributed by atoms with Crippen molar-refractivity contribution in [1.82, 2.24) is 4.98 Å². The second kappa shape index (κ2) is 4.49. The third-order valence-corrected chi connectivity index (χ3v) is 2.31. The maximum absolute atomic E-state index is 12.7. The van der Waals surface area contributed by atoms with Crippen molar-refractivity contribution in [3.63, 3.8) is 0 Å². The van der Waals surface area contributed by atoms with Crippen molar-refractivity contribution < 1.29 is 9.13 Å². The summed E-state index contributed by atoms with van der Waals surface area (Å²) in [6.45, 7) is 0. The van der Waals surface area contributed by atoms with E-state index in [-0.39, 0.29) is 5.82 Å². The van der Waals surface area contributed by atoms with E-state index in [1.807, 2.05) is 0 Å². The average Bonchev–Trinajstić information content (AvgIpc) is 2.25. The van der Waals surface area contributed by atoms with E-state index in [1.54, 1.807) is 12.3 Å². The van der Waals surface area contributed by atoms with Gasteiger partial charge in [-0.2, -0.15) is 0 Å².